The number of Topliss-reactive ketones (excluding diaryl/α,β-unsaturated/α-hetero) is 1. The van der Waals surface area contributed by atoms with E-state index in [1.165, 1.54) is 4.90 Å². The fourth-order valence-corrected chi connectivity index (χ4v) is 3.44. The third kappa shape index (κ3) is 7.50. The number of carbonyl (C=O) groups excluding carboxylic acids is 2. The molecule has 2 aromatic rings. The number of allylic oxidation sites excluding steroid dienone is 1. The molecule has 7 heteroatoms. The number of carbonyl (C=O) groups is 3. The molecular formula is C25H32N2O5. The van der Waals surface area contributed by atoms with Gasteiger partial charge in [0.25, 0.3) is 0 Å². The fraction of sp³-hybridized carbons (Fsp3) is 0.400. The van der Waals surface area contributed by atoms with Gasteiger partial charge in [0.2, 0.25) is 0 Å². The molecule has 172 valence electrons. The normalized spacial score (nSPS) is 12.9. The van der Waals surface area contributed by atoms with Gasteiger partial charge in [-0.05, 0) is 28.7 Å². The van der Waals surface area contributed by atoms with E-state index >= 15 is 0 Å². The number of nitrogens with one attached hydrogen (secondary N) is 1. The number of aliphatic carboxylic acids is 1. The molecule has 0 aliphatic heterocycles. The number of aliphatic hydroxyl groups is 1. The van der Waals surface area contributed by atoms with Gasteiger partial charge >= 0.3 is 12.0 Å². The molecule has 2 amide bonds. The van der Waals surface area contributed by atoms with Gasteiger partial charge in [-0.15, -0.1) is 6.58 Å². The van der Waals surface area contributed by atoms with Crippen LogP contribution in [0.3, 0.4) is 0 Å². The predicted octanol–water partition coefficient (Wildman–Crippen LogP) is 3.40. The van der Waals surface area contributed by atoms with Crippen molar-refractivity contribution in [1.82, 2.24) is 10.2 Å². The van der Waals surface area contributed by atoms with E-state index < -0.39 is 24.1 Å². The molecule has 0 aromatic heterocycles. The second kappa shape index (κ2) is 12.0. The summed E-state index contributed by atoms with van der Waals surface area (Å²) in [7, 11) is 0. The highest BCUT2D eigenvalue weighted by molar-refractivity contribution is 5.86. The Morgan fingerprint density at radius 1 is 1.09 bits per heavy atom. The van der Waals surface area contributed by atoms with Crippen molar-refractivity contribution in [2.45, 2.75) is 45.3 Å². The lowest BCUT2D eigenvalue weighted by atomic mass is 10.0. The Morgan fingerprint density at radius 2 is 1.78 bits per heavy atom. The van der Waals surface area contributed by atoms with Gasteiger partial charge in [-0.1, -0.05) is 62.4 Å². The Hall–Kier alpha value is -3.19. The van der Waals surface area contributed by atoms with E-state index in [4.69, 9.17) is 0 Å². The zero-order valence-corrected chi connectivity index (χ0v) is 18.7. The molecule has 0 heterocycles. The Morgan fingerprint density at radius 3 is 2.41 bits per heavy atom. The highest BCUT2D eigenvalue weighted by Crippen LogP contribution is 2.17. The molecule has 0 aliphatic rings. The van der Waals surface area contributed by atoms with E-state index in [0.29, 0.717) is 6.42 Å². The first-order chi connectivity index (χ1) is 15.2. The number of benzene rings is 2. The van der Waals surface area contributed by atoms with Crippen LogP contribution in [0.2, 0.25) is 0 Å². The van der Waals surface area contributed by atoms with E-state index in [9.17, 15) is 24.6 Å². The van der Waals surface area contributed by atoms with Gasteiger partial charge in [0, 0.05) is 19.4 Å². The smallest absolute Gasteiger partial charge is 0.326 e. The van der Waals surface area contributed by atoms with Crippen LogP contribution < -0.4 is 5.32 Å². The van der Waals surface area contributed by atoms with Crippen LogP contribution in [0.4, 0.5) is 4.79 Å². The van der Waals surface area contributed by atoms with Gasteiger partial charge < -0.3 is 20.4 Å². The second-order valence-corrected chi connectivity index (χ2v) is 8.33. The van der Waals surface area contributed by atoms with E-state index in [2.05, 4.69) is 11.9 Å². The fourth-order valence-electron chi connectivity index (χ4n) is 3.44. The summed E-state index contributed by atoms with van der Waals surface area (Å²) in [5, 5.41) is 24.5. The molecular weight excluding hydrogens is 408 g/mol. The third-order valence-corrected chi connectivity index (χ3v) is 5.08. The van der Waals surface area contributed by atoms with Crippen molar-refractivity contribution in [3.05, 3.63) is 60.7 Å². The van der Waals surface area contributed by atoms with Crippen LogP contribution in [-0.4, -0.2) is 58.1 Å². The van der Waals surface area contributed by atoms with Crippen LogP contribution in [-0.2, 0) is 16.0 Å². The minimum absolute atomic E-state index is 0.0694. The first-order valence-corrected chi connectivity index (χ1v) is 10.8. The highest BCUT2D eigenvalue weighted by Gasteiger charge is 2.27. The van der Waals surface area contributed by atoms with Crippen LogP contribution >= 0.6 is 0 Å². The molecule has 0 fully saturated rings. The van der Waals surface area contributed by atoms with Crippen LogP contribution in [0.15, 0.2) is 55.1 Å². The average molecular weight is 441 g/mol. The second-order valence-electron chi connectivity index (χ2n) is 8.33. The molecule has 0 saturated heterocycles. The number of rotatable bonds is 12. The zero-order valence-electron chi connectivity index (χ0n) is 18.7. The van der Waals surface area contributed by atoms with Crippen LogP contribution in [0.25, 0.3) is 10.8 Å². The van der Waals surface area contributed by atoms with Crippen molar-refractivity contribution < 1.29 is 24.6 Å². The average Bonchev–Trinajstić information content (AvgIpc) is 2.75. The van der Waals surface area contributed by atoms with E-state index in [1.807, 2.05) is 56.3 Å². The minimum atomic E-state index is -1.33. The number of amides is 2. The van der Waals surface area contributed by atoms with Crippen molar-refractivity contribution in [2.75, 3.05) is 13.1 Å². The first-order valence-electron chi connectivity index (χ1n) is 10.8. The van der Waals surface area contributed by atoms with Crippen molar-refractivity contribution >= 4 is 28.6 Å². The van der Waals surface area contributed by atoms with Crippen LogP contribution in [0, 0.1) is 5.92 Å². The molecule has 2 aromatic carbocycles. The summed E-state index contributed by atoms with van der Waals surface area (Å²) < 4.78 is 0. The number of fused-ring (bicyclic) bond motifs is 1. The lowest BCUT2D eigenvalue weighted by molar-refractivity contribution is -0.139. The number of carboxylic acids is 1. The number of urea groups is 1. The highest BCUT2D eigenvalue weighted by atomic mass is 16.4. The number of hydrogen-bond acceptors (Lipinski definition) is 4. The maximum absolute atomic E-state index is 12.9. The third-order valence-electron chi connectivity index (χ3n) is 5.08. The number of aliphatic hydroxyl groups excluding tert-OH is 1. The minimum Gasteiger partial charge on any atom is -0.480 e. The Labute approximate surface area is 188 Å². The molecule has 2 rings (SSSR count). The molecule has 2 atom stereocenters. The number of ketones is 1. The molecule has 0 bridgehead atoms. The summed E-state index contributed by atoms with van der Waals surface area (Å²) in [5.74, 6) is -1.46. The van der Waals surface area contributed by atoms with E-state index in [0.717, 1.165) is 16.3 Å². The number of carboxylic acid groups (broad SMARTS) is 1. The number of hydrogen-bond donors (Lipinski definition) is 3. The molecule has 0 radical (unpaired) electrons. The zero-order chi connectivity index (χ0) is 23.7. The first kappa shape index (κ1) is 25.1. The van der Waals surface area contributed by atoms with E-state index in [1.54, 1.807) is 6.08 Å². The molecule has 0 spiro atoms. The van der Waals surface area contributed by atoms with Crippen molar-refractivity contribution in [3.63, 3.8) is 0 Å². The van der Waals surface area contributed by atoms with Gasteiger partial charge in [0.05, 0.1) is 6.54 Å². The van der Waals surface area contributed by atoms with Crippen molar-refractivity contribution in [2.24, 2.45) is 5.92 Å². The Balaban J connectivity index is 2.11. The SMILES string of the molecule is C=CCCC(=O)[C@@H](O)CN(CC(C)C)C(=O)N[C@@H](Cc1ccc2ccccc2c1)C(=O)O. The summed E-state index contributed by atoms with van der Waals surface area (Å²) >= 11 is 0. The van der Waals surface area contributed by atoms with Crippen molar-refractivity contribution in [3.8, 4) is 0 Å². The molecule has 7 nitrogen and oxygen atoms in total. The lowest BCUT2D eigenvalue weighted by Gasteiger charge is -2.28. The summed E-state index contributed by atoms with van der Waals surface area (Å²) in [5.41, 5.74) is 0.784. The lowest BCUT2D eigenvalue weighted by Crippen LogP contribution is -2.52. The van der Waals surface area contributed by atoms with Crippen LogP contribution in [0.1, 0.15) is 32.3 Å². The van der Waals surface area contributed by atoms with Gasteiger partial charge in [-0.3, -0.25) is 4.79 Å². The van der Waals surface area contributed by atoms with Crippen molar-refractivity contribution in [1.29, 1.82) is 0 Å². The predicted molar refractivity (Wildman–Crippen MR) is 124 cm³/mol. The van der Waals surface area contributed by atoms with Crippen LogP contribution in [0.5, 0.6) is 0 Å². The Kier molecular flexibility index (Phi) is 9.40. The topological polar surface area (TPSA) is 107 Å². The summed E-state index contributed by atoms with van der Waals surface area (Å²) in [4.78, 5) is 38.1. The Bertz CT molecular complexity index is 956. The summed E-state index contributed by atoms with van der Waals surface area (Å²) in [6, 6.07) is 11.7. The largest absolute Gasteiger partial charge is 0.480 e. The van der Waals surface area contributed by atoms with E-state index in [-0.39, 0.29) is 37.6 Å². The molecule has 0 unspecified atom stereocenters. The molecule has 3 N–H and O–H groups in total. The van der Waals surface area contributed by atoms with Gasteiger partial charge in [-0.2, -0.15) is 0 Å². The molecule has 32 heavy (non-hydrogen) atoms. The quantitative estimate of drug-likeness (QED) is 0.439. The van der Waals surface area contributed by atoms with Gasteiger partial charge in [0.15, 0.2) is 5.78 Å². The molecule has 0 saturated carbocycles. The monoisotopic (exact) mass is 440 g/mol. The van der Waals surface area contributed by atoms with Gasteiger partial charge in [-0.25, -0.2) is 9.59 Å². The molecule has 0 aliphatic carbocycles. The summed E-state index contributed by atoms with van der Waals surface area (Å²) in [6.07, 6.45) is 0.958. The summed E-state index contributed by atoms with van der Waals surface area (Å²) in [6.45, 7) is 7.44. The van der Waals surface area contributed by atoms with Gasteiger partial charge in [0.1, 0.15) is 12.1 Å². The maximum atomic E-state index is 12.9. The standard InChI is InChI=1S/C25H32N2O5/c1-4-5-10-22(28)23(29)16-27(15-17(2)3)25(32)26-21(24(30)31)14-18-11-12-19-8-6-7-9-20(19)13-18/h4,6-9,11-13,17,21,23,29H,1,5,10,14-16H2,2-3H3,(H,26,32)(H,30,31)/t21-,23-/m0/s1. The number of nitrogens with zero attached hydrogens (tertiary/aromatic N) is 1. The maximum Gasteiger partial charge on any atom is 0.326 e.